The van der Waals surface area contributed by atoms with E-state index in [1.807, 2.05) is 48.8 Å². The van der Waals surface area contributed by atoms with E-state index in [1.165, 1.54) is 0 Å². The van der Waals surface area contributed by atoms with E-state index < -0.39 is 0 Å². The van der Waals surface area contributed by atoms with Crippen LogP contribution in [0.5, 0.6) is 0 Å². The number of rotatable bonds is 4. The number of hydrogen-bond donors (Lipinski definition) is 0. The highest BCUT2D eigenvalue weighted by atomic mass is 32.1. The highest BCUT2D eigenvalue weighted by Crippen LogP contribution is 2.25. The summed E-state index contributed by atoms with van der Waals surface area (Å²) in [6, 6.07) is 5.69. The number of nitrogens with zero attached hydrogens (tertiary/aromatic N) is 3. The highest BCUT2D eigenvalue weighted by molar-refractivity contribution is 7.18. The summed E-state index contributed by atoms with van der Waals surface area (Å²) in [5.74, 6) is 0.119. The van der Waals surface area contributed by atoms with Gasteiger partial charge in [-0.2, -0.15) is 0 Å². The minimum absolute atomic E-state index is 0.0185. The largest absolute Gasteiger partial charge is 0.343 e. The van der Waals surface area contributed by atoms with Gasteiger partial charge in [-0.1, -0.05) is 0 Å². The predicted octanol–water partition coefficient (Wildman–Crippen LogP) is 3.33. The molecule has 6 heteroatoms. The number of benzene rings is 1. The van der Waals surface area contributed by atoms with Crippen molar-refractivity contribution in [2.24, 2.45) is 5.92 Å². The minimum Gasteiger partial charge on any atom is -0.343 e. The molecule has 25 heavy (non-hydrogen) atoms. The Morgan fingerprint density at radius 3 is 2.80 bits per heavy atom. The molecule has 1 aliphatic heterocycles. The number of piperidine rings is 1. The van der Waals surface area contributed by atoms with Crippen molar-refractivity contribution in [2.75, 3.05) is 26.2 Å². The number of aromatic nitrogens is 1. The monoisotopic (exact) mass is 359 g/mol. The molecule has 2 aromatic rings. The van der Waals surface area contributed by atoms with Gasteiger partial charge in [-0.25, -0.2) is 4.98 Å². The molecule has 0 saturated carbocycles. The molecular weight excluding hydrogens is 334 g/mol. The van der Waals surface area contributed by atoms with E-state index in [-0.39, 0.29) is 17.7 Å². The summed E-state index contributed by atoms with van der Waals surface area (Å²) in [4.78, 5) is 33.7. The Balaban J connectivity index is 1.75. The third-order valence-electron chi connectivity index (χ3n) is 4.88. The van der Waals surface area contributed by atoms with Crippen molar-refractivity contribution in [1.82, 2.24) is 14.8 Å². The van der Waals surface area contributed by atoms with E-state index in [9.17, 15) is 9.59 Å². The summed E-state index contributed by atoms with van der Waals surface area (Å²) in [6.07, 6.45) is 1.75. The van der Waals surface area contributed by atoms with Crippen molar-refractivity contribution in [1.29, 1.82) is 0 Å². The van der Waals surface area contributed by atoms with Gasteiger partial charge in [0.1, 0.15) is 0 Å². The quantitative estimate of drug-likeness (QED) is 0.841. The first kappa shape index (κ1) is 17.9. The number of carbonyl (C=O) groups excluding carboxylic acids is 2. The number of hydrogen-bond acceptors (Lipinski definition) is 4. The van der Waals surface area contributed by atoms with Crippen LogP contribution >= 0.6 is 11.3 Å². The van der Waals surface area contributed by atoms with Gasteiger partial charge >= 0.3 is 0 Å². The van der Waals surface area contributed by atoms with Gasteiger partial charge in [-0.15, -0.1) is 11.3 Å². The standard InChI is InChI=1S/C19H25N3O2S/c1-4-21(5-2)19(24)15-7-6-10-22(12-15)18(23)14-8-9-16-17(11-14)25-13(3)20-16/h8-9,11,15H,4-7,10,12H2,1-3H3/t15-/m0/s1. The van der Waals surface area contributed by atoms with Crippen LogP contribution in [0, 0.1) is 12.8 Å². The molecule has 0 radical (unpaired) electrons. The minimum atomic E-state index is -0.0769. The number of amides is 2. The fourth-order valence-corrected chi connectivity index (χ4v) is 4.38. The Hall–Kier alpha value is -1.95. The van der Waals surface area contributed by atoms with Crippen LogP contribution in [0.1, 0.15) is 42.1 Å². The van der Waals surface area contributed by atoms with Gasteiger partial charge in [0, 0.05) is 31.7 Å². The Morgan fingerprint density at radius 1 is 1.32 bits per heavy atom. The molecule has 1 saturated heterocycles. The summed E-state index contributed by atoms with van der Waals surface area (Å²) in [7, 11) is 0. The Morgan fingerprint density at radius 2 is 2.08 bits per heavy atom. The first-order valence-corrected chi connectivity index (χ1v) is 9.80. The molecule has 1 aromatic carbocycles. The third kappa shape index (κ3) is 3.68. The lowest BCUT2D eigenvalue weighted by atomic mass is 9.95. The van der Waals surface area contributed by atoms with Gasteiger partial charge in [-0.3, -0.25) is 9.59 Å². The van der Waals surface area contributed by atoms with Crippen molar-refractivity contribution >= 4 is 33.4 Å². The smallest absolute Gasteiger partial charge is 0.253 e. The highest BCUT2D eigenvalue weighted by Gasteiger charge is 2.30. The van der Waals surface area contributed by atoms with Crippen LogP contribution in [0.25, 0.3) is 10.2 Å². The normalized spacial score (nSPS) is 17.7. The fourth-order valence-electron chi connectivity index (χ4n) is 3.51. The van der Waals surface area contributed by atoms with E-state index in [1.54, 1.807) is 11.3 Å². The van der Waals surface area contributed by atoms with Crippen molar-refractivity contribution < 1.29 is 9.59 Å². The van der Waals surface area contributed by atoms with Crippen LogP contribution in [0.4, 0.5) is 0 Å². The first-order chi connectivity index (χ1) is 12.0. The van der Waals surface area contributed by atoms with Gasteiger partial charge in [-0.05, 0) is 51.8 Å². The lowest BCUT2D eigenvalue weighted by molar-refractivity contribution is -0.136. The molecule has 134 valence electrons. The summed E-state index contributed by atoms with van der Waals surface area (Å²) >= 11 is 1.60. The van der Waals surface area contributed by atoms with E-state index in [0.717, 1.165) is 47.7 Å². The molecular formula is C19H25N3O2S. The van der Waals surface area contributed by atoms with E-state index >= 15 is 0 Å². The number of carbonyl (C=O) groups is 2. The molecule has 1 aromatic heterocycles. The zero-order chi connectivity index (χ0) is 18.0. The Bertz CT molecular complexity index is 782. The summed E-state index contributed by atoms with van der Waals surface area (Å²) in [6.45, 7) is 8.66. The fraction of sp³-hybridized carbons (Fsp3) is 0.526. The van der Waals surface area contributed by atoms with Crippen molar-refractivity contribution in [3.63, 3.8) is 0 Å². The maximum absolute atomic E-state index is 12.9. The molecule has 0 N–H and O–H groups in total. The summed E-state index contributed by atoms with van der Waals surface area (Å²) in [5, 5.41) is 1.00. The molecule has 0 spiro atoms. The maximum Gasteiger partial charge on any atom is 0.253 e. The van der Waals surface area contributed by atoms with E-state index in [0.29, 0.717) is 12.1 Å². The molecule has 2 heterocycles. The lowest BCUT2D eigenvalue weighted by Crippen LogP contribution is -2.46. The molecule has 1 atom stereocenters. The van der Waals surface area contributed by atoms with Crippen LogP contribution in [0.3, 0.4) is 0 Å². The second kappa shape index (κ2) is 7.52. The van der Waals surface area contributed by atoms with E-state index in [4.69, 9.17) is 0 Å². The lowest BCUT2D eigenvalue weighted by Gasteiger charge is -2.34. The third-order valence-corrected chi connectivity index (χ3v) is 5.81. The average Bonchev–Trinajstić information content (AvgIpc) is 3.01. The van der Waals surface area contributed by atoms with Gasteiger partial charge < -0.3 is 9.80 Å². The molecule has 2 amide bonds. The van der Waals surface area contributed by atoms with Crippen LogP contribution in [-0.4, -0.2) is 52.8 Å². The summed E-state index contributed by atoms with van der Waals surface area (Å²) < 4.78 is 1.04. The van der Waals surface area contributed by atoms with Gasteiger partial charge in [0.25, 0.3) is 5.91 Å². The molecule has 0 bridgehead atoms. The molecule has 3 rings (SSSR count). The number of aryl methyl sites for hydroxylation is 1. The van der Waals surface area contributed by atoms with Crippen LogP contribution in [0.2, 0.25) is 0 Å². The second-order valence-electron chi connectivity index (χ2n) is 6.52. The molecule has 1 fully saturated rings. The SMILES string of the molecule is CCN(CC)C(=O)[C@H]1CCCN(C(=O)c2ccc3nc(C)sc3c2)C1. The van der Waals surface area contributed by atoms with Crippen molar-refractivity contribution in [3.05, 3.63) is 28.8 Å². The zero-order valence-electron chi connectivity index (χ0n) is 15.1. The van der Waals surface area contributed by atoms with Crippen molar-refractivity contribution in [2.45, 2.75) is 33.6 Å². The number of thiazole rings is 1. The van der Waals surface area contributed by atoms with Gasteiger partial charge in [0.05, 0.1) is 21.1 Å². The van der Waals surface area contributed by atoms with Gasteiger partial charge in [0.15, 0.2) is 0 Å². The van der Waals surface area contributed by atoms with E-state index in [2.05, 4.69) is 4.98 Å². The number of likely N-dealkylation sites (tertiary alicyclic amines) is 1. The Kier molecular flexibility index (Phi) is 5.37. The van der Waals surface area contributed by atoms with Crippen LogP contribution in [0.15, 0.2) is 18.2 Å². The van der Waals surface area contributed by atoms with Crippen LogP contribution in [-0.2, 0) is 4.79 Å². The van der Waals surface area contributed by atoms with Crippen LogP contribution < -0.4 is 0 Å². The summed E-state index contributed by atoms with van der Waals surface area (Å²) in [5.41, 5.74) is 1.62. The maximum atomic E-state index is 12.9. The molecule has 0 aliphatic carbocycles. The first-order valence-electron chi connectivity index (χ1n) is 8.98. The Labute approximate surface area is 152 Å². The van der Waals surface area contributed by atoms with Gasteiger partial charge in [0.2, 0.25) is 5.91 Å². The van der Waals surface area contributed by atoms with Crippen molar-refractivity contribution in [3.8, 4) is 0 Å². The molecule has 0 unspecified atom stereocenters. The molecule has 5 nitrogen and oxygen atoms in total. The molecule has 1 aliphatic rings. The average molecular weight is 359 g/mol. The number of fused-ring (bicyclic) bond motifs is 1. The second-order valence-corrected chi connectivity index (χ2v) is 7.75. The topological polar surface area (TPSA) is 53.5 Å². The predicted molar refractivity (Wildman–Crippen MR) is 101 cm³/mol. The zero-order valence-corrected chi connectivity index (χ0v) is 15.9.